The van der Waals surface area contributed by atoms with Crippen molar-refractivity contribution in [3.63, 3.8) is 0 Å². The molecular weight excluding hydrogens is 496 g/mol. The Morgan fingerprint density at radius 2 is 1.71 bits per heavy atom. The van der Waals surface area contributed by atoms with Crippen LogP contribution in [0.2, 0.25) is 0 Å². The fraction of sp³-hybridized carbons (Fsp3) is 0.640. The molecule has 4 atom stereocenters. The van der Waals surface area contributed by atoms with Gasteiger partial charge in [-0.2, -0.15) is 0 Å². The second-order valence-electron chi connectivity index (χ2n) is 9.04. The van der Waals surface area contributed by atoms with Gasteiger partial charge in [0.25, 0.3) is 5.91 Å². The van der Waals surface area contributed by atoms with E-state index in [0.29, 0.717) is 13.0 Å². The molecule has 0 aliphatic rings. The topological polar surface area (TPSA) is 182 Å². The van der Waals surface area contributed by atoms with Gasteiger partial charge in [0.2, 0.25) is 30.1 Å². The molecule has 38 heavy (non-hydrogen) atoms. The minimum absolute atomic E-state index is 0.0454. The summed E-state index contributed by atoms with van der Waals surface area (Å²) < 4.78 is 1.38. The van der Waals surface area contributed by atoms with Crippen LogP contribution in [0.1, 0.15) is 56.8 Å². The molecular formula is C25H43N6O7+. The second-order valence-corrected chi connectivity index (χ2v) is 9.04. The van der Waals surface area contributed by atoms with Crippen molar-refractivity contribution in [3.8, 4) is 0 Å². The van der Waals surface area contributed by atoms with Crippen molar-refractivity contribution >= 4 is 23.6 Å². The number of pyridine rings is 1. The molecule has 0 aromatic carbocycles. The first-order valence-corrected chi connectivity index (χ1v) is 12.8. The molecule has 0 saturated heterocycles. The number of carbonyl (C=O) groups is 4. The quantitative estimate of drug-likeness (QED) is 0.102. The number of carbonyl (C=O) groups excluding carboxylic acids is 4. The number of nitrogens with zero attached hydrogens (tertiary/aromatic N) is 1. The molecule has 13 heteroatoms. The maximum absolute atomic E-state index is 12.6. The molecule has 1 rings (SSSR count). The first-order valence-electron chi connectivity index (χ1n) is 12.8. The van der Waals surface area contributed by atoms with Gasteiger partial charge in [0, 0.05) is 48.5 Å². The summed E-state index contributed by atoms with van der Waals surface area (Å²) in [5.74, 6) is -1.83. The van der Waals surface area contributed by atoms with E-state index in [4.69, 9.17) is 4.84 Å². The molecule has 0 bridgehead atoms. The van der Waals surface area contributed by atoms with E-state index in [1.807, 2.05) is 13.8 Å². The van der Waals surface area contributed by atoms with Crippen LogP contribution < -0.4 is 36.2 Å². The highest BCUT2D eigenvalue weighted by atomic mass is 16.6. The third-order valence-corrected chi connectivity index (χ3v) is 5.61. The van der Waals surface area contributed by atoms with Crippen LogP contribution in [-0.2, 0) is 14.4 Å². The largest absolute Gasteiger partial charge is 0.396 e. The molecule has 0 aliphatic carbocycles. The first-order chi connectivity index (χ1) is 18.1. The highest BCUT2D eigenvalue weighted by Gasteiger charge is 2.23. The van der Waals surface area contributed by atoms with Crippen LogP contribution in [0.25, 0.3) is 0 Å². The van der Waals surface area contributed by atoms with Gasteiger partial charge < -0.3 is 36.8 Å². The minimum Gasteiger partial charge on any atom is -0.396 e. The third kappa shape index (κ3) is 13.3. The van der Waals surface area contributed by atoms with Crippen LogP contribution in [0, 0.1) is 0 Å². The van der Waals surface area contributed by atoms with Crippen molar-refractivity contribution in [1.82, 2.24) is 26.6 Å². The van der Waals surface area contributed by atoms with E-state index < -0.39 is 35.9 Å². The zero-order chi connectivity index (χ0) is 28.5. The average Bonchev–Trinajstić information content (AvgIpc) is 2.88. The van der Waals surface area contributed by atoms with E-state index in [1.165, 1.54) is 36.4 Å². The maximum Gasteiger partial charge on any atom is 0.252 e. The Morgan fingerprint density at radius 1 is 1.03 bits per heavy atom. The van der Waals surface area contributed by atoms with Gasteiger partial charge in [0.15, 0.2) is 0 Å². The van der Waals surface area contributed by atoms with Crippen LogP contribution in [0.5, 0.6) is 0 Å². The smallest absolute Gasteiger partial charge is 0.252 e. The highest BCUT2D eigenvalue weighted by molar-refractivity contribution is 5.97. The number of rotatable bonds is 18. The fourth-order valence-electron chi connectivity index (χ4n) is 3.64. The Balaban J connectivity index is 2.59. The fourth-order valence-corrected chi connectivity index (χ4v) is 3.64. The lowest BCUT2D eigenvalue weighted by molar-refractivity contribution is -0.885. The Labute approximate surface area is 223 Å². The number of likely N-dealkylation sites (N-methyl/N-ethyl adjacent to an activating group) is 1. The van der Waals surface area contributed by atoms with E-state index in [-0.39, 0.29) is 49.9 Å². The van der Waals surface area contributed by atoms with Gasteiger partial charge in [-0.3, -0.25) is 24.0 Å². The van der Waals surface area contributed by atoms with Gasteiger partial charge in [0.1, 0.15) is 13.2 Å². The van der Waals surface area contributed by atoms with E-state index in [0.717, 1.165) is 6.54 Å². The number of aromatic nitrogens is 1. The van der Waals surface area contributed by atoms with Gasteiger partial charge in [-0.05, 0) is 39.7 Å². The normalized spacial score (nSPS) is 13.9. The van der Waals surface area contributed by atoms with Crippen LogP contribution in [0.3, 0.4) is 0 Å². The molecule has 4 amide bonds. The highest BCUT2D eigenvalue weighted by Crippen LogP contribution is 2.06. The Kier molecular flexibility index (Phi) is 15.5. The minimum atomic E-state index is -1.06. The molecule has 13 nitrogen and oxygen atoms in total. The van der Waals surface area contributed by atoms with E-state index in [9.17, 15) is 29.4 Å². The molecule has 1 aromatic rings. The van der Waals surface area contributed by atoms with Crippen molar-refractivity contribution in [1.29, 1.82) is 0 Å². The molecule has 4 unspecified atom stereocenters. The maximum atomic E-state index is 12.6. The summed E-state index contributed by atoms with van der Waals surface area (Å²) in [5.41, 5.74) is 0.285. The standard InChI is InChI=1S/C25H42N6O7/c1-5-26-17(2)15-27-22(34)7-6-20(14-18(3)33)29-23(35)16-28-25(37)21(10-13-32)30-24(36)19-8-11-31(38-4)12-9-19/h8-9,11-12,17-18,20-21,26,32-33H,5-7,10,13-16H2,1-4H3,(H3-,27,28,29,30,34,35,36,37)/p+1. The molecule has 0 radical (unpaired) electrons. The van der Waals surface area contributed by atoms with Crippen LogP contribution in [0.4, 0.5) is 0 Å². The lowest BCUT2D eigenvalue weighted by atomic mass is 10.0. The SMILES string of the molecule is CCNC(C)CNC(=O)CCC(CC(C)O)NC(=O)CNC(=O)C(CCO)NC(=O)c1cc[n+](OC)cc1. The summed E-state index contributed by atoms with van der Waals surface area (Å²) in [5, 5.41) is 32.9. The number of nitrogens with one attached hydrogen (secondary N) is 5. The van der Waals surface area contributed by atoms with E-state index in [2.05, 4.69) is 26.6 Å². The monoisotopic (exact) mass is 539 g/mol. The Morgan fingerprint density at radius 3 is 2.29 bits per heavy atom. The van der Waals surface area contributed by atoms with Crippen LogP contribution in [0.15, 0.2) is 24.5 Å². The first kappa shape index (κ1) is 32.7. The molecule has 0 spiro atoms. The van der Waals surface area contributed by atoms with Gasteiger partial charge in [-0.15, -0.1) is 0 Å². The molecule has 214 valence electrons. The van der Waals surface area contributed by atoms with Crippen molar-refractivity contribution in [2.45, 2.75) is 70.7 Å². The summed E-state index contributed by atoms with van der Waals surface area (Å²) in [6.07, 6.45) is 3.02. The summed E-state index contributed by atoms with van der Waals surface area (Å²) >= 11 is 0. The molecule has 1 heterocycles. The number of hydrogen-bond donors (Lipinski definition) is 7. The van der Waals surface area contributed by atoms with Gasteiger partial charge in [0.05, 0.1) is 18.2 Å². The zero-order valence-corrected chi connectivity index (χ0v) is 22.7. The van der Waals surface area contributed by atoms with E-state index in [1.54, 1.807) is 6.92 Å². The Hall–Kier alpha value is -3.29. The third-order valence-electron chi connectivity index (χ3n) is 5.61. The summed E-state index contributed by atoms with van der Waals surface area (Å²) in [6, 6.07) is 1.61. The van der Waals surface area contributed by atoms with Gasteiger partial charge in [-0.25, -0.2) is 0 Å². The van der Waals surface area contributed by atoms with Crippen molar-refractivity contribution < 1.29 is 39.0 Å². The zero-order valence-electron chi connectivity index (χ0n) is 22.7. The lowest BCUT2D eigenvalue weighted by Gasteiger charge is -2.21. The molecule has 0 saturated carbocycles. The summed E-state index contributed by atoms with van der Waals surface area (Å²) in [4.78, 5) is 54.8. The van der Waals surface area contributed by atoms with E-state index >= 15 is 0 Å². The predicted molar refractivity (Wildman–Crippen MR) is 139 cm³/mol. The van der Waals surface area contributed by atoms with Crippen molar-refractivity contribution in [3.05, 3.63) is 30.1 Å². The number of hydrogen-bond acceptors (Lipinski definition) is 8. The number of aliphatic hydroxyl groups excluding tert-OH is 2. The molecule has 7 N–H and O–H groups in total. The number of amides is 4. The predicted octanol–water partition coefficient (Wildman–Crippen LogP) is -2.22. The summed E-state index contributed by atoms with van der Waals surface area (Å²) in [6.45, 7) is 6.08. The average molecular weight is 540 g/mol. The Bertz CT molecular complexity index is 881. The van der Waals surface area contributed by atoms with Crippen molar-refractivity contribution in [2.75, 3.05) is 33.4 Å². The van der Waals surface area contributed by atoms with Gasteiger partial charge >= 0.3 is 0 Å². The summed E-state index contributed by atoms with van der Waals surface area (Å²) in [7, 11) is 1.47. The van der Waals surface area contributed by atoms with Crippen LogP contribution >= 0.6 is 0 Å². The molecule has 0 aliphatic heterocycles. The van der Waals surface area contributed by atoms with Gasteiger partial charge in [-0.1, -0.05) is 6.92 Å². The molecule has 1 aromatic heterocycles. The lowest BCUT2D eigenvalue weighted by Crippen LogP contribution is -2.50. The van der Waals surface area contributed by atoms with Crippen molar-refractivity contribution in [2.24, 2.45) is 0 Å². The van der Waals surface area contributed by atoms with Crippen LogP contribution in [-0.4, -0.2) is 91.4 Å². The number of aliphatic hydroxyl groups is 2. The second kappa shape index (κ2) is 18.0. The molecule has 0 fully saturated rings.